The van der Waals surface area contributed by atoms with E-state index in [4.69, 9.17) is 18.9 Å². The van der Waals surface area contributed by atoms with Gasteiger partial charge in [-0.2, -0.15) is 0 Å². The molecule has 1 radical (unpaired) electrons. The Bertz CT molecular complexity index is 1030. The van der Waals surface area contributed by atoms with Crippen LogP contribution in [0.1, 0.15) is 61.9 Å². The van der Waals surface area contributed by atoms with Crippen LogP contribution in [0.2, 0.25) is 0 Å². The Morgan fingerprint density at radius 2 is 1.85 bits per heavy atom. The fraction of sp³-hybridized carbons (Fsp3) is 0.444. The SMILES string of the molecule is CCCOc1ccc(F)c2c1[N]C(CC)=C(c1ccc(OCCOC3CCCCO3)cc1)C2=O. The topological polar surface area (TPSA) is 68.1 Å². The van der Waals surface area contributed by atoms with Crippen LogP contribution < -0.4 is 14.8 Å². The molecule has 0 aromatic heterocycles. The fourth-order valence-corrected chi connectivity index (χ4v) is 4.10. The second-order valence-electron chi connectivity index (χ2n) is 8.27. The van der Waals surface area contributed by atoms with Gasteiger partial charge in [-0.1, -0.05) is 26.0 Å². The van der Waals surface area contributed by atoms with E-state index in [1.54, 1.807) is 24.3 Å². The van der Waals surface area contributed by atoms with Crippen molar-refractivity contribution < 1.29 is 28.1 Å². The number of carbonyl (C=O) groups is 1. The summed E-state index contributed by atoms with van der Waals surface area (Å²) < 4.78 is 37.4. The molecule has 7 heteroatoms. The molecule has 0 bridgehead atoms. The summed E-state index contributed by atoms with van der Waals surface area (Å²) in [5.74, 6) is 0.122. The number of allylic oxidation sites excluding steroid dienone is 2. The van der Waals surface area contributed by atoms with Crippen LogP contribution in [0.15, 0.2) is 42.1 Å². The summed E-state index contributed by atoms with van der Waals surface area (Å²) in [5, 5.41) is 4.65. The number of fused-ring (bicyclic) bond motifs is 1. The summed E-state index contributed by atoms with van der Waals surface area (Å²) in [5.41, 5.74) is 1.93. The molecular weight excluding hydrogens is 437 g/mol. The second kappa shape index (κ2) is 11.5. The van der Waals surface area contributed by atoms with Crippen molar-refractivity contribution in [2.45, 2.75) is 52.2 Å². The number of hydrogen-bond acceptors (Lipinski definition) is 5. The lowest BCUT2D eigenvalue weighted by atomic mass is 9.89. The van der Waals surface area contributed by atoms with Gasteiger partial charge in [0, 0.05) is 6.61 Å². The van der Waals surface area contributed by atoms with Crippen LogP contribution >= 0.6 is 0 Å². The van der Waals surface area contributed by atoms with Gasteiger partial charge < -0.3 is 18.9 Å². The predicted molar refractivity (Wildman–Crippen MR) is 127 cm³/mol. The molecule has 2 aromatic rings. The largest absolute Gasteiger partial charge is 0.491 e. The first kappa shape index (κ1) is 24.2. The van der Waals surface area contributed by atoms with Gasteiger partial charge in [-0.3, -0.25) is 4.79 Å². The van der Waals surface area contributed by atoms with Gasteiger partial charge in [0.2, 0.25) is 5.78 Å². The average molecular weight is 469 g/mol. The standard InChI is InChI=1S/C27H31FNO5/c1-3-14-32-22-13-12-20(28)25-26(22)29-21(4-2)24(27(25)30)18-8-10-19(11-9-18)31-16-17-34-23-7-5-6-15-33-23/h8-13,23H,3-7,14-17H2,1-2H3. The number of ketones is 1. The van der Waals surface area contributed by atoms with Crippen molar-refractivity contribution in [3.05, 3.63) is 59.0 Å². The molecule has 2 aliphatic heterocycles. The molecule has 2 heterocycles. The molecule has 1 fully saturated rings. The zero-order chi connectivity index (χ0) is 23.9. The van der Waals surface area contributed by atoms with Crippen LogP contribution in [0.5, 0.6) is 11.5 Å². The van der Waals surface area contributed by atoms with E-state index in [-0.39, 0.29) is 23.3 Å². The van der Waals surface area contributed by atoms with Crippen molar-refractivity contribution in [3.8, 4) is 11.5 Å². The molecule has 0 saturated carbocycles. The highest BCUT2D eigenvalue weighted by Crippen LogP contribution is 2.41. The Morgan fingerprint density at radius 1 is 1.03 bits per heavy atom. The molecule has 0 N–H and O–H groups in total. The van der Waals surface area contributed by atoms with Gasteiger partial charge >= 0.3 is 0 Å². The number of hydrogen-bond donors (Lipinski definition) is 0. The van der Waals surface area contributed by atoms with Crippen molar-refractivity contribution >= 4 is 17.0 Å². The summed E-state index contributed by atoms with van der Waals surface area (Å²) in [6.07, 6.45) is 4.31. The molecule has 181 valence electrons. The number of rotatable bonds is 10. The van der Waals surface area contributed by atoms with Gasteiger partial charge in [0.15, 0.2) is 6.29 Å². The van der Waals surface area contributed by atoms with E-state index in [0.717, 1.165) is 32.3 Å². The minimum Gasteiger partial charge on any atom is -0.491 e. The first-order chi connectivity index (χ1) is 16.6. The number of Topliss-reactive ketones (excluding diaryl/α,β-unsaturated/α-hetero) is 1. The zero-order valence-electron chi connectivity index (χ0n) is 19.8. The molecule has 1 unspecified atom stereocenters. The van der Waals surface area contributed by atoms with Gasteiger partial charge in [-0.05, 0) is 61.9 Å². The first-order valence-electron chi connectivity index (χ1n) is 12.0. The lowest BCUT2D eigenvalue weighted by Crippen LogP contribution is -2.24. The van der Waals surface area contributed by atoms with Gasteiger partial charge in [-0.25, -0.2) is 9.71 Å². The summed E-state index contributed by atoms with van der Waals surface area (Å²) in [6.45, 7) is 5.97. The van der Waals surface area contributed by atoms with E-state index in [0.29, 0.717) is 54.6 Å². The lowest BCUT2D eigenvalue weighted by molar-refractivity contribution is -0.165. The van der Waals surface area contributed by atoms with Crippen LogP contribution in [0.25, 0.3) is 5.57 Å². The highest BCUT2D eigenvalue weighted by Gasteiger charge is 2.32. The predicted octanol–water partition coefficient (Wildman–Crippen LogP) is 5.79. The number of nitrogens with zero attached hydrogens (tertiary/aromatic N) is 1. The number of carbonyl (C=O) groups excluding carboxylic acids is 1. The molecule has 6 nitrogen and oxygen atoms in total. The highest BCUT2D eigenvalue weighted by molar-refractivity contribution is 6.32. The normalized spacial score (nSPS) is 17.9. The maximum atomic E-state index is 14.7. The van der Waals surface area contributed by atoms with E-state index in [2.05, 4.69) is 5.32 Å². The van der Waals surface area contributed by atoms with Gasteiger partial charge in [0.05, 0.1) is 30.0 Å². The van der Waals surface area contributed by atoms with Gasteiger partial charge in [0.25, 0.3) is 0 Å². The monoisotopic (exact) mass is 468 g/mol. The molecule has 2 aliphatic rings. The molecule has 34 heavy (non-hydrogen) atoms. The molecular formula is C27H31FNO5. The van der Waals surface area contributed by atoms with E-state index in [1.807, 2.05) is 13.8 Å². The van der Waals surface area contributed by atoms with E-state index < -0.39 is 5.82 Å². The van der Waals surface area contributed by atoms with Crippen molar-refractivity contribution in [1.29, 1.82) is 0 Å². The molecule has 0 aliphatic carbocycles. The average Bonchev–Trinajstić information content (AvgIpc) is 2.87. The van der Waals surface area contributed by atoms with Crippen LogP contribution in [0, 0.1) is 5.82 Å². The lowest BCUT2D eigenvalue weighted by Gasteiger charge is -2.24. The summed E-state index contributed by atoms with van der Waals surface area (Å²) >= 11 is 0. The molecule has 4 rings (SSSR count). The first-order valence-corrected chi connectivity index (χ1v) is 12.0. The Kier molecular flexibility index (Phi) is 8.19. The number of benzene rings is 2. The molecule has 0 spiro atoms. The Hall–Kier alpha value is -2.90. The minimum absolute atomic E-state index is 0.0387. The number of ether oxygens (including phenoxy) is 4. The Morgan fingerprint density at radius 3 is 2.56 bits per heavy atom. The van der Waals surface area contributed by atoms with Crippen molar-refractivity contribution in [2.75, 3.05) is 26.4 Å². The third-order valence-electron chi connectivity index (χ3n) is 5.81. The molecule has 2 aromatic carbocycles. The molecule has 1 saturated heterocycles. The third kappa shape index (κ3) is 5.42. The fourth-order valence-electron chi connectivity index (χ4n) is 4.10. The second-order valence-corrected chi connectivity index (χ2v) is 8.27. The number of halogens is 1. The Balaban J connectivity index is 1.46. The van der Waals surface area contributed by atoms with E-state index in [9.17, 15) is 9.18 Å². The van der Waals surface area contributed by atoms with Gasteiger partial charge in [0.1, 0.15) is 29.6 Å². The van der Waals surface area contributed by atoms with Crippen LogP contribution in [0.4, 0.5) is 10.1 Å². The smallest absolute Gasteiger partial charge is 0.200 e. The van der Waals surface area contributed by atoms with E-state index in [1.165, 1.54) is 12.1 Å². The summed E-state index contributed by atoms with van der Waals surface area (Å²) in [4.78, 5) is 13.4. The van der Waals surface area contributed by atoms with Crippen LogP contribution in [-0.4, -0.2) is 38.5 Å². The third-order valence-corrected chi connectivity index (χ3v) is 5.81. The summed E-state index contributed by atoms with van der Waals surface area (Å²) in [6, 6.07) is 10.0. The maximum absolute atomic E-state index is 14.7. The van der Waals surface area contributed by atoms with Crippen molar-refractivity contribution in [2.24, 2.45) is 0 Å². The minimum atomic E-state index is -0.595. The highest BCUT2D eigenvalue weighted by atomic mass is 19.1. The molecule has 1 atom stereocenters. The van der Waals surface area contributed by atoms with Gasteiger partial charge in [-0.15, -0.1) is 0 Å². The zero-order valence-corrected chi connectivity index (χ0v) is 19.8. The van der Waals surface area contributed by atoms with Crippen molar-refractivity contribution in [1.82, 2.24) is 5.32 Å². The Labute approximate surface area is 200 Å². The van der Waals surface area contributed by atoms with E-state index >= 15 is 0 Å². The molecule has 0 amide bonds. The summed E-state index contributed by atoms with van der Waals surface area (Å²) in [7, 11) is 0. The van der Waals surface area contributed by atoms with Crippen LogP contribution in [-0.2, 0) is 9.47 Å². The maximum Gasteiger partial charge on any atom is 0.200 e. The quantitative estimate of drug-likeness (QED) is 0.413. The van der Waals surface area contributed by atoms with Crippen molar-refractivity contribution in [3.63, 3.8) is 0 Å². The van der Waals surface area contributed by atoms with Crippen LogP contribution in [0.3, 0.4) is 0 Å².